The van der Waals surface area contributed by atoms with Crippen LogP contribution in [-0.4, -0.2) is 43.4 Å². The Bertz CT molecular complexity index is 479. The molecule has 22 heavy (non-hydrogen) atoms. The predicted molar refractivity (Wildman–Crippen MR) is 83.2 cm³/mol. The van der Waals surface area contributed by atoms with E-state index >= 15 is 0 Å². The Labute approximate surface area is 131 Å². The standard InChI is InChI=1S/C16H25N3O3/c1-19(2)13(14-9-6-10-22-14)11-17-15(20)16(21)18-12-7-4-3-5-8-12/h6,9-10,12-13H,3-5,7-8,11H2,1-2H3,(H,17,20)(H,18,21)/t13-/m1/s1. The molecule has 1 aromatic rings. The summed E-state index contributed by atoms with van der Waals surface area (Å²) in [6, 6.07) is 3.71. The van der Waals surface area contributed by atoms with Gasteiger partial charge in [-0.3, -0.25) is 14.5 Å². The molecule has 122 valence electrons. The van der Waals surface area contributed by atoms with Crippen LogP contribution >= 0.6 is 0 Å². The Kier molecular flexibility index (Phi) is 6.00. The third kappa shape index (κ3) is 4.59. The van der Waals surface area contributed by atoms with E-state index in [1.165, 1.54) is 6.42 Å². The molecule has 0 unspecified atom stereocenters. The summed E-state index contributed by atoms with van der Waals surface area (Å²) in [6.45, 7) is 0.331. The Morgan fingerprint density at radius 1 is 1.27 bits per heavy atom. The van der Waals surface area contributed by atoms with Crippen LogP contribution in [0.3, 0.4) is 0 Å². The number of carbonyl (C=O) groups excluding carboxylic acids is 2. The van der Waals surface area contributed by atoms with E-state index in [0.29, 0.717) is 6.54 Å². The molecule has 6 nitrogen and oxygen atoms in total. The molecule has 0 radical (unpaired) electrons. The summed E-state index contributed by atoms with van der Waals surface area (Å²) in [4.78, 5) is 25.8. The van der Waals surface area contributed by atoms with Crippen molar-refractivity contribution in [2.24, 2.45) is 0 Å². The van der Waals surface area contributed by atoms with Gasteiger partial charge in [-0.1, -0.05) is 19.3 Å². The third-order valence-electron chi connectivity index (χ3n) is 4.10. The number of nitrogens with one attached hydrogen (secondary N) is 2. The molecule has 1 saturated carbocycles. The monoisotopic (exact) mass is 307 g/mol. The first-order chi connectivity index (χ1) is 10.6. The van der Waals surface area contributed by atoms with Crippen molar-refractivity contribution in [1.82, 2.24) is 15.5 Å². The molecule has 2 N–H and O–H groups in total. The van der Waals surface area contributed by atoms with Gasteiger partial charge in [0.15, 0.2) is 0 Å². The molecule has 1 aliphatic carbocycles. The summed E-state index contributed by atoms with van der Waals surface area (Å²) in [6.07, 6.45) is 6.98. The van der Waals surface area contributed by atoms with Crippen molar-refractivity contribution < 1.29 is 14.0 Å². The van der Waals surface area contributed by atoms with Gasteiger partial charge in [0, 0.05) is 12.6 Å². The van der Waals surface area contributed by atoms with Gasteiger partial charge in [-0.05, 0) is 39.1 Å². The molecule has 0 spiro atoms. The topological polar surface area (TPSA) is 74.6 Å². The van der Waals surface area contributed by atoms with Crippen molar-refractivity contribution >= 4 is 11.8 Å². The smallest absolute Gasteiger partial charge is 0.309 e. The molecule has 2 rings (SSSR count). The number of furan rings is 1. The predicted octanol–water partition coefficient (Wildman–Crippen LogP) is 1.45. The van der Waals surface area contributed by atoms with Crippen molar-refractivity contribution in [2.45, 2.75) is 44.2 Å². The largest absolute Gasteiger partial charge is 0.468 e. The lowest BCUT2D eigenvalue weighted by Crippen LogP contribution is -2.46. The maximum absolute atomic E-state index is 11.9. The molecule has 0 saturated heterocycles. The van der Waals surface area contributed by atoms with Crippen molar-refractivity contribution in [3.8, 4) is 0 Å². The zero-order chi connectivity index (χ0) is 15.9. The van der Waals surface area contributed by atoms with Gasteiger partial charge in [0.05, 0.1) is 12.3 Å². The van der Waals surface area contributed by atoms with E-state index in [1.807, 2.05) is 31.1 Å². The number of hydrogen-bond donors (Lipinski definition) is 2. The van der Waals surface area contributed by atoms with Crippen LogP contribution in [0.5, 0.6) is 0 Å². The number of nitrogens with zero attached hydrogens (tertiary/aromatic N) is 1. The van der Waals surface area contributed by atoms with Gasteiger partial charge in [0.2, 0.25) is 0 Å². The minimum Gasteiger partial charge on any atom is -0.468 e. The molecule has 1 heterocycles. The summed E-state index contributed by atoms with van der Waals surface area (Å²) in [7, 11) is 3.81. The van der Waals surface area contributed by atoms with Gasteiger partial charge >= 0.3 is 11.8 Å². The first-order valence-electron chi connectivity index (χ1n) is 7.86. The molecule has 1 atom stereocenters. The van der Waals surface area contributed by atoms with Gasteiger partial charge in [-0.25, -0.2) is 0 Å². The molecule has 6 heteroatoms. The molecule has 1 fully saturated rings. The van der Waals surface area contributed by atoms with E-state index in [0.717, 1.165) is 31.4 Å². The maximum atomic E-state index is 11.9. The minimum atomic E-state index is -0.580. The number of amides is 2. The Balaban J connectivity index is 1.81. The molecule has 1 aliphatic rings. The van der Waals surface area contributed by atoms with Crippen molar-refractivity contribution in [1.29, 1.82) is 0 Å². The Morgan fingerprint density at radius 3 is 2.59 bits per heavy atom. The van der Waals surface area contributed by atoms with E-state index < -0.39 is 11.8 Å². The van der Waals surface area contributed by atoms with Gasteiger partial charge < -0.3 is 15.1 Å². The fraction of sp³-hybridized carbons (Fsp3) is 0.625. The Hall–Kier alpha value is -1.82. The summed E-state index contributed by atoms with van der Waals surface area (Å²) in [5.74, 6) is -0.356. The maximum Gasteiger partial charge on any atom is 0.309 e. The van der Waals surface area contributed by atoms with Crippen LogP contribution in [-0.2, 0) is 9.59 Å². The minimum absolute atomic E-state index is 0.0959. The van der Waals surface area contributed by atoms with Crippen molar-refractivity contribution in [3.05, 3.63) is 24.2 Å². The molecule has 0 bridgehead atoms. The SMILES string of the molecule is CN(C)[C@H](CNC(=O)C(=O)NC1CCCCC1)c1ccco1. The quantitative estimate of drug-likeness (QED) is 0.807. The lowest BCUT2D eigenvalue weighted by atomic mass is 9.95. The van der Waals surface area contributed by atoms with Crippen LogP contribution in [0.15, 0.2) is 22.8 Å². The van der Waals surface area contributed by atoms with E-state index in [1.54, 1.807) is 6.26 Å². The van der Waals surface area contributed by atoms with Crippen LogP contribution in [0.1, 0.15) is 43.9 Å². The van der Waals surface area contributed by atoms with Gasteiger partial charge in [-0.2, -0.15) is 0 Å². The number of hydrogen-bond acceptors (Lipinski definition) is 4. The molecular formula is C16H25N3O3. The molecular weight excluding hydrogens is 282 g/mol. The highest BCUT2D eigenvalue weighted by Gasteiger charge is 2.23. The fourth-order valence-electron chi connectivity index (χ4n) is 2.79. The highest BCUT2D eigenvalue weighted by Crippen LogP contribution is 2.18. The van der Waals surface area contributed by atoms with Crippen LogP contribution in [0.25, 0.3) is 0 Å². The second-order valence-electron chi connectivity index (χ2n) is 6.01. The fourth-order valence-corrected chi connectivity index (χ4v) is 2.79. The molecule has 0 aliphatic heterocycles. The zero-order valence-electron chi connectivity index (χ0n) is 13.3. The van der Waals surface area contributed by atoms with Crippen LogP contribution in [0.2, 0.25) is 0 Å². The van der Waals surface area contributed by atoms with Crippen LogP contribution in [0, 0.1) is 0 Å². The Morgan fingerprint density at radius 2 is 2.00 bits per heavy atom. The van der Waals surface area contributed by atoms with Gasteiger partial charge in [0.25, 0.3) is 0 Å². The van der Waals surface area contributed by atoms with E-state index in [4.69, 9.17) is 4.42 Å². The van der Waals surface area contributed by atoms with E-state index in [9.17, 15) is 9.59 Å². The number of rotatable bonds is 5. The second-order valence-corrected chi connectivity index (χ2v) is 6.01. The summed E-state index contributed by atoms with van der Waals surface area (Å²) in [5.41, 5.74) is 0. The van der Waals surface area contributed by atoms with Gasteiger partial charge in [-0.15, -0.1) is 0 Å². The average Bonchev–Trinajstić information content (AvgIpc) is 3.02. The van der Waals surface area contributed by atoms with Crippen molar-refractivity contribution in [3.63, 3.8) is 0 Å². The summed E-state index contributed by atoms with van der Waals surface area (Å²) in [5, 5.41) is 5.51. The highest BCUT2D eigenvalue weighted by atomic mass is 16.3. The first kappa shape index (κ1) is 16.5. The second kappa shape index (κ2) is 7.98. The first-order valence-corrected chi connectivity index (χ1v) is 7.86. The van der Waals surface area contributed by atoms with E-state index in [2.05, 4.69) is 10.6 Å². The normalized spacial score (nSPS) is 17.2. The summed E-state index contributed by atoms with van der Waals surface area (Å²) < 4.78 is 5.38. The highest BCUT2D eigenvalue weighted by molar-refractivity contribution is 6.35. The lowest BCUT2D eigenvalue weighted by Gasteiger charge is -2.24. The third-order valence-corrected chi connectivity index (χ3v) is 4.10. The molecule has 1 aromatic heterocycles. The molecule has 2 amide bonds. The number of likely N-dealkylation sites (N-methyl/N-ethyl adjacent to an activating group) is 1. The summed E-state index contributed by atoms with van der Waals surface area (Å²) >= 11 is 0. The van der Waals surface area contributed by atoms with E-state index in [-0.39, 0.29) is 12.1 Å². The average molecular weight is 307 g/mol. The van der Waals surface area contributed by atoms with Crippen LogP contribution < -0.4 is 10.6 Å². The number of carbonyl (C=O) groups is 2. The van der Waals surface area contributed by atoms with Gasteiger partial charge in [0.1, 0.15) is 5.76 Å². The zero-order valence-corrected chi connectivity index (χ0v) is 13.3. The lowest BCUT2D eigenvalue weighted by molar-refractivity contribution is -0.139. The molecule has 0 aromatic carbocycles. The van der Waals surface area contributed by atoms with Crippen LogP contribution in [0.4, 0.5) is 0 Å². The van der Waals surface area contributed by atoms with Crippen molar-refractivity contribution in [2.75, 3.05) is 20.6 Å².